The van der Waals surface area contributed by atoms with Crippen LogP contribution < -0.4 is 0 Å². The van der Waals surface area contributed by atoms with E-state index < -0.39 is 0 Å². The molecule has 0 heterocycles. The van der Waals surface area contributed by atoms with E-state index in [-0.39, 0.29) is 4.65 Å². The van der Waals surface area contributed by atoms with Gasteiger partial charge in [0.05, 0.1) is 20.6 Å². The quantitative estimate of drug-likeness (QED) is 0.123. The maximum Gasteiger partial charge on any atom is 0.0779 e. The first-order chi connectivity index (χ1) is 12.1. The van der Waals surface area contributed by atoms with Gasteiger partial charge in [-0.15, -0.1) is 0 Å². The molecular weight excluding hydrogens is 306 g/mol. The molecule has 0 radical (unpaired) electrons. The highest BCUT2D eigenvalue weighted by molar-refractivity contribution is 4.50. The molecule has 0 bridgehead atoms. The number of hydrogen-bond donors (Lipinski definition) is 0. The van der Waals surface area contributed by atoms with Crippen LogP contribution >= 0.6 is 0 Å². The zero-order valence-electron chi connectivity index (χ0n) is 18.0. The van der Waals surface area contributed by atoms with Crippen molar-refractivity contribution in [3.8, 4) is 0 Å². The number of hydrogen-bond acceptors (Lipinski definition) is 1. The predicted molar refractivity (Wildman–Crippen MR) is 114 cm³/mol. The molecule has 152 valence electrons. The van der Waals surface area contributed by atoms with Gasteiger partial charge in [0.15, 0.2) is 0 Å². The number of rotatable bonds is 20. The topological polar surface area (TPSA) is 23.1 Å². The van der Waals surface area contributed by atoms with E-state index in [4.69, 9.17) is 0 Å². The van der Waals surface area contributed by atoms with E-state index in [2.05, 4.69) is 6.92 Å². The van der Waals surface area contributed by atoms with Gasteiger partial charge in [0.25, 0.3) is 0 Å². The third kappa shape index (κ3) is 23.9. The minimum absolute atomic E-state index is 0.126. The van der Waals surface area contributed by atoms with Gasteiger partial charge >= 0.3 is 0 Å². The van der Waals surface area contributed by atoms with E-state index in [9.17, 15) is 5.21 Å². The van der Waals surface area contributed by atoms with Crippen molar-refractivity contribution < 1.29 is 4.65 Å². The molecule has 0 aromatic heterocycles. The lowest BCUT2D eigenvalue weighted by atomic mass is 10.0. The molecule has 0 rings (SSSR count). The number of nitrogens with zero attached hydrogens (tertiary/aromatic N) is 1. The van der Waals surface area contributed by atoms with Crippen LogP contribution in [0.2, 0.25) is 0 Å². The first-order valence-electron chi connectivity index (χ1n) is 11.6. The van der Waals surface area contributed by atoms with Crippen LogP contribution in [-0.4, -0.2) is 25.3 Å². The minimum Gasteiger partial charge on any atom is -0.633 e. The molecule has 0 aliphatic heterocycles. The molecule has 0 saturated heterocycles. The highest BCUT2D eigenvalue weighted by Gasteiger charge is 2.00. The Morgan fingerprint density at radius 1 is 0.440 bits per heavy atom. The molecule has 0 saturated carbocycles. The smallest absolute Gasteiger partial charge is 0.0779 e. The maximum absolute atomic E-state index is 11.4. The Morgan fingerprint density at radius 3 is 0.920 bits per heavy atom. The van der Waals surface area contributed by atoms with Gasteiger partial charge in [-0.2, -0.15) is 0 Å². The Balaban J connectivity index is 3.01. The highest BCUT2D eigenvalue weighted by Crippen LogP contribution is 2.14. The van der Waals surface area contributed by atoms with Crippen LogP contribution in [0.15, 0.2) is 0 Å². The highest BCUT2D eigenvalue weighted by atomic mass is 16.5. The van der Waals surface area contributed by atoms with Crippen LogP contribution in [0.4, 0.5) is 0 Å². The third-order valence-electron chi connectivity index (χ3n) is 5.30. The van der Waals surface area contributed by atoms with Gasteiger partial charge in [0.1, 0.15) is 0 Å². The Kier molecular flexibility index (Phi) is 18.6. The van der Waals surface area contributed by atoms with E-state index in [0.717, 1.165) is 13.0 Å². The van der Waals surface area contributed by atoms with Crippen molar-refractivity contribution in [3.63, 3.8) is 0 Å². The monoisotopic (exact) mass is 355 g/mol. The summed E-state index contributed by atoms with van der Waals surface area (Å²) in [5, 5.41) is 11.4. The SMILES string of the molecule is CCCCCCCCCCCCCCCCCCCCC[N+](C)(C)[O-]. The molecule has 0 aliphatic carbocycles. The Bertz CT molecular complexity index is 247. The van der Waals surface area contributed by atoms with E-state index >= 15 is 0 Å². The molecule has 0 aromatic carbocycles. The fourth-order valence-corrected chi connectivity index (χ4v) is 3.57. The summed E-state index contributed by atoms with van der Waals surface area (Å²) < 4.78 is -0.126. The summed E-state index contributed by atoms with van der Waals surface area (Å²) in [6.07, 6.45) is 26.6. The van der Waals surface area contributed by atoms with Crippen LogP contribution in [0.3, 0.4) is 0 Å². The summed E-state index contributed by atoms with van der Waals surface area (Å²) >= 11 is 0. The predicted octanol–water partition coefficient (Wildman–Crippen LogP) is 7.99. The average Bonchev–Trinajstić information content (AvgIpc) is 2.56. The van der Waals surface area contributed by atoms with E-state index in [1.54, 1.807) is 14.1 Å². The maximum atomic E-state index is 11.4. The molecule has 2 heteroatoms. The van der Waals surface area contributed by atoms with Gasteiger partial charge in [0, 0.05) is 0 Å². The summed E-state index contributed by atoms with van der Waals surface area (Å²) in [4.78, 5) is 0. The lowest BCUT2D eigenvalue weighted by Gasteiger charge is -2.33. The molecule has 2 nitrogen and oxygen atoms in total. The van der Waals surface area contributed by atoms with Crippen LogP contribution in [0.25, 0.3) is 0 Å². The zero-order chi connectivity index (χ0) is 18.6. The third-order valence-corrected chi connectivity index (χ3v) is 5.30. The summed E-state index contributed by atoms with van der Waals surface area (Å²) in [6, 6.07) is 0. The summed E-state index contributed by atoms with van der Waals surface area (Å²) in [6.45, 7) is 3.07. The first-order valence-corrected chi connectivity index (χ1v) is 11.6. The normalized spacial score (nSPS) is 12.0. The number of hydroxylamine groups is 3. The summed E-state index contributed by atoms with van der Waals surface area (Å²) in [5.74, 6) is 0. The van der Waals surface area contributed by atoms with Gasteiger partial charge in [-0.05, 0) is 12.8 Å². The Labute approximate surface area is 159 Å². The summed E-state index contributed by atoms with van der Waals surface area (Å²) in [5.41, 5.74) is 0. The van der Waals surface area contributed by atoms with E-state index in [0.29, 0.717) is 0 Å². The fraction of sp³-hybridized carbons (Fsp3) is 1.00. The molecular formula is C23H49NO. The second-order valence-corrected chi connectivity index (χ2v) is 8.66. The second-order valence-electron chi connectivity index (χ2n) is 8.66. The lowest BCUT2D eigenvalue weighted by Crippen LogP contribution is -2.32. The van der Waals surface area contributed by atoms with E-state index in [1.807, 2.05) is 0 Å². The average molecular weight is 356 g/mol. The Hall–Kier alpha value is -0.0800. The van der Waals surface area contributed by atoms with Crippen LogP contribution in [0, 0.1) is 5.21 Å². The van der Waals surface area contributed by atoms with Gasteiger partial charge < -0.3 is 9.85 Å². The van der Waals surface area contributed by atoms with Crippen molar-refractivity contribution in [2.24, 2.45) is 0 Å². The number of unbranched alkanes of at least 4 members (excludes halogenated alkanes) is 18. The Morgan fingerprint density at radius 2 is 0.680 bits per heavy atom. The lowest BCUT2D eigenvalue weighted by molar-refractivity contribution is -0.840. The standard InChI is InChI=1S/C23H49NO/c1-4-5-6-7-8-9-10-11-12-13-14-15-16-17-18-19-20-21-22-23-24(2,3)25/h4-23H2,1-3H3. The van der Waals surface area contributed by atoms with Crippen molar-refractivity contribution in [2.45, 2.75) is 129 Å². The van der Waals surface area contributed by atoms with Crippen LogP contribution in [-0.2, 0) is 0 Å². The zero-order valence-corrected chi connectivity index (χ0v) is 18.0. The van der Waals surface area contributed by atoms with Crippen LogP contribution in [0.1, 0.15) is 129 Å². The minimum atomic E-state index is -0.126. The van der Waals surface area contributed by atoms with Crippen molar-refractivity contribution in [1.29, 1.82) is 0 Å². The van der Waals surface area contributed by atoms with Crippen molar-refractivity contribution >= 4 is 0 Å². The van der Waals surface area contributed by atoms with Crippen LogP contribution in [0.5, 0.6) is 0 Å². The van der Waals surface area contributed by atoms with Gasteiger partial charge in [-0.1, -0.05) is 116 Å². The van der Waals surface area contributed by atoms with Crippen molar-refractivity contribution in [2.75, 3.05) is 20.6 Å². The molecule has 0 N–H and O–H groups in total. The van der Waals surface area contributed by atoms with E-state index in [1.165, 1.54) is 116 Å². The van der Waals surface area contributed by atoms with Crippen molar-refractivity contribution in [1.82, 2.24) is 0 Å². The van der Waals surface area contributed by atoms with Gasteiger partial charge in [0.2, 0.25) is 0 Å². The molecule has 0 aliphatic rings. The molecule has 0 fully saturated rings. The molecule has 25 heavy (non-hydrogen) atoms. The summed E-state index contributed by atoms with van der Waals surface area (Å²) in [7, 11) is 3.49. The molecule has 0 spiro atoms. The molecule has 0 amide bonds. The largest absolute Gasteiger partial charge is 0.633 e. The molecule has 0 unspecified atom stereocenters. The fourth-order valence-electron chi connectivity index (χ4n) is 3.57. The number of quaternary nitrogens is 1. The molecule has 0 atom stereocenters. The van der Waals surface area contributed by atoms with Crippen molar-refractivity contribution in [3.05, 3.63) is 5.21 Å². The first kappa shape index (κ1) is 24.9. The van der Waals surface area contributed by atoms with Gasteiger partial charge in [-0.3, -0.25) is 0 Å². The molecule has 0 aromatic rings. The second kappa shape index (κ2) is 18.7. The van der Waals surface area contributed by atoms with Gasteiger partial charge in [-0.25, -0.2) is 0 Å².